The van der Waals surface area contributed by atoms with E-state index in [0.717, 1.165) is 11.5 Å². The summed E-state index contributed by atoms with van der Waals surface area (Å²) in [5.41, 5.74) is 0.517. The summed E-state index contributed by atoms with van der Waals surface area (Å²) in [5.74, 6) is 1.45. The first kappa shape index (κ1) is 16.8. The molecule has 4 nitrogen and oxygen atoms in total. The molecule has 0 aliphatic heterocycles. The van der Waals surface area contributed by atoms with E-state index < -0.39 is 5.41 Å². The zero-order chi connectivity index (χ0) is 17.0. The Morgan fingerprint density at radius 1 is 1.08 bits per heavy atom. The van der Waals surface area contributed by atoms with Crippen molar-refractivity contribution in [2.45, 2.75) is 18.6 Å². The number of hydrogen-bond acceptors (Lipinski definition) is 3. The number of rotatable bonds is 7. The Kier molecular flexibility index (Phi) is 5.09. The lowest BCUT2D eigenvalue weighted by Crippen LogP contribution is -2.42. The van der Waals surface area contributed by atoms with E-state index in [-0.39, 0.29) is 11.8 Å². The predicted molar refractivity (Wildman–Crippen MR) is 98.9 cm³/mol. The molecule has 1 fully saturated rings. The van der Waals surface area contributed by atoms with E-state index in [0.29, 0.717) is 19.4 Å². The molecule has 0 atom stereocenters. The summed E-state index contributed by atoms with van der Waals surface area (Å²) in [4.78, 5) is 23.9. The van der Waals surface area contributed by atoms with Gasteiger partial charge in [0.25, 0.3) is 0 Å². The van der Waals surface area contributed by atoms with Crippen LogP contribution in [-0.4, -0.2) is 31.2 Å². The quantitative estimate of drug-likeness (QED) is 0.601. The maximum atomic E-state index is 12.2. The molecule has 24 heavy (non-hydrogen) atoms. The molecule has 0 unspecified atom stereocenters. The largest absolute Gasteiger partial charge is 0.358 e. The fourth-order valence-electron chi connectivity index (χ4n) is 2.93. The van der Waals surface area contributed by atoms with Gasteiger partial charge in [-0.2, -0.15) is 11.8 Å². The minimum Gasteiger partial charge on any atom is -0.358 e. The lowest BCUT2D eigenvalue weighted by atomic mass is 10.1. The van der Waals surface area contributed by atoms with Crippen LogP contribution in [0.5, 0.6) is 0 Å². The number of carbonyl (C=O) groups excluding carboxylic acids is 2. The normalized spacial score (nSPS) is 15.0. The van der Waals surface area contributed by atoms with E-state index in [9.17, 15) is 9.59 Å². The summed E-state index contributed by atoms with van der Waals surface area (Å²) in [6.45, 7) is 0.590. The van der Waals surface area contributed by atoms with Gasteiger partial charge < -0.3 is 10.6 Å². The van der Waals surface area contributed by atoms with Gasteiger partial charge in [0, 0.05) is 25.1 Å². The summed E-state index contributed by atoms with van der Waals surface area (Å²) in [5, 5.41) is 8.03. The van der Waals surface area contributed by atoms with Gasteiger partial charge in [0.2, 0.25) is 11.8 Å². The second-order valence-electron chi connectivity index (χ2n) is 6.11. The van der Waals surface area contributed by atoms with Crippen LogP contribution in [0.15, 0.2) is 42.5 Å². The Hall–Kier alpha value is -2.01. The van der Waals surface area contributed by atoms with Gasteiger partial charge in [0.05, 0.1) is 0 Å². The van der Waals surface area contributed by atoms with Crippen molar-refractivity contribution in [2.24, 2.45) is 5.41 Å². The van der Waals surface area contributed by atoms with E-state index in [1.807, 2.05) is 0 Å². The second kappa shape index (κ2) is 7.26. The molecule has 1 aliphatic carbocycles. The number of benzene rings is 2. The lowest BCUT2D eigenvalue weighted by molar-refractivity contribution is -0.136. The first-order valence-electron chi connectivity index (χ1n) is 8.22. The average Bonchev–Trinajstić information content (AvgIpc) is 3.42. The van der Waals surface area contributed by atoms with Crippen molar-refractivity contribution in [2.75, 3.05) is 19.3 Å². The van der Waals surface area contributed by atoms with Gasteiger partial charge in [-0.05, 0) is 29.2 Å². The zero-order valence-corrected chi connectivity index (χ0v) is 14.6. The van der Waals surface area contributed by atoms with Gasteiger partial charge in [-0.1, -0.05) is 42.5 Å². The van der Waals surface area contributed by atoms with Crippen molar-refractivity contribution in [3.05, 3.63) is 48.0 Å². The third-order valence-electron chi connectivity index (χ3n) is 4.52. The third kappa shape index (κ3) is 3.41. The Morgan fingerprint density at radius 3 is 2.58 bits per heavy atom. The molecule has 1 saturated carbocycles. The summed E-state index contributed by atoms with van der Waals surface area (Å²) in [6, 6.07) is 14.7. The zero-order valence-electron chi connectivity index (χ0n) is 13.8. The highest BCUT2D eigenvalue weighted by Gasteiger charge is 2.55. The second-order valence-corrected chi connectivity index (χ2v) is 7.21. The predicted octanol–water partition coefficient (Wildman–Crippen LogP) is 2.72. The number of carbonyl (C=O) groups is 2. The van der Waals surface area contributed by atoms with Crippen molar-refractivity contribution in [1.82, 2.24) is 10.6 Å². The molecule has 0 saturated heterocycles. The Balaban J connectivity index is 1.46. The molecule has 2 aromatic carbocycles. The van der Waals surface area contributed by atoms with Crippen LogP contribution >= 0.6 is 11.8 Å². The van der Waals surface area contributed by atoms with E-state index >= 15 is 0 Å². The van der Waals surface area contributed by atoms with Crippen LogP contribution in [-0.2, 0) is 15.3 Å². The minimum atomic E-state index is -0.797. The van der Waals surface area contributed by atoms with E-state index in [4.69, 9.17) is 0 Å². The molecule has 126 valence electrons. The first-order valence-corrected chi connectivity index (χ1v) is 9.38. The van der Waals surface area contributed by atoms with Crippen molar-refractivity contribution in [3.63, 3.8) is 0 Å². The molecule has 2 N–H and O–H groups in total. The maximum Gasteiger partial charge on any atom is 0.235 e. The molecule has 0 radical (unpaired) electrons. The molecule has 1 aliphatic rings. The van der Waals surface area contributed by atoms with Crippen molar-refractivity contribution in [1.29, 1.82) is 0 Å². The molecule has 0 heterocycles. The first-order chi connectivity index (χ1) is 11.7. The van der Waals surface area contributed by atoms with E-state index in [1.165, 1.54) is 16.3 Å². The van der Waals surface area contributed by atoms with Crippen LogP contribution in [0.2, 0.25) is 0 Å². The third-order valence-corrected chi connectivity index (χ3v) is 5.52. The average molecular weight is 342 g/mol. The van der Waals surface area contributed by atoms with Crippen LogP contribution in [0.25, 0.3) is 10.8 Å². The number of amides is 2. The van der Waals surface area contributed by atoms with E-state index in [1.54, 1.807) is 18.8 Å². The summed E-state index contributed by atoms with van der Waals surface area (Å²) in [7, 11) is 1.58. The number of nitrogens with one attached hydrogen (secondary N) is 2. The smallest absolute Gasteiger partial charge is 0.235 e. The maximum absolute atomic E-state index is 12.2. The molecule has 5 heteroatoms. The van der Waals surface area contributed by atoms with Gasteiger partial charge >= 0.3 is 0 Å². The molecule has 2 amide bonds. The van der Waals surface area contributed by atoms with E-state index in [2.05, 4.69) is 53.1 Å². The number of thioether (sulfide) groups is 1. The van der Waals surface area contributed by atoms with Crippen LogP contribution < -0.4 is 10.6 Å². The Morgan fingerprint density at radius 2 is 1.83 bits per heavy atom. The van der Waals surface area contributed by atoms with Crippen LogP contribution in [0, 0.1) is 5.41 Å². The molecule has 2 aromatic rings. The topological polar surface area (TPSA) is 58.2 Å². The highest BCUT2D eigenvalue weighted by Crippen LogP contribution is 2.45. The summed E-state index contributed by atoms with van der Waals surface area (Å²) >= 11 is 1.79. The lowest BCUT2D eigenvalue weighted by Gasteiger charge is -2.13. The highest BCUT2D eigenvalue weighted by atomic mass is 32.2. The van der Waals surface area contributed by atoms with Gasteiger partial charge in [-0.15, -0.1) is 0 Å². The van der Waals surface area contributed by atoms with Crippen LogP contribution in [0.4, 0.5) is 0 Å². The van der Waals surface area contributed by atoms with Gasteiger partial charge in [0.15, 0.2) is 0 Å². The van der Waals surface area contributed by atoms with Gasteiger partial charge in [0.1, 0.15) is 5.41 Å². The molecular formula is C19H22N2O2S. The molecule has 0 aromatic heterocycles. The molecule has 0 bridgehead atoms. The molecule has 3 rings (SSSR count). The molecular weight excluding hydrogens is 320 g/mol. The van der Waals surface area contributed by atoms with Gasteiger partial charge in [-0.3, -0.25) is 9.59 Å². The summed E-state index contributed by atoms with van der Waals surface area (Å²) in [6.07, 6.45) is 1.31. The van der Waals surface area contributed by atoms with Crippen molar-refractivity contribution in [3.8, 4) is 0 Å². The fourth-order valence-corrected chi connectivity index (χ4v) is 3.79. The molecule has 0 spiro atoms. The highest BCUT2D eigenvalue weighted by molar-refractivity contribution is 7.98. The minimum absolute atomic E-state index is 0.132. The Labute approximate surface area is 146 Å². The summed E-state index contributed by atoms with van der Waals surface area (Å²) < 4.78 is 0. The van der Waals surface area contributed by atoms with Gasteiger partial charge in [-0.25, -0.2) is 0 Å². The van der Waals surface area contributed by atoms with Crippen LogP contribution in [0.3, 0.4) is 0 Å². The monoisotopic (exact) mass is 342 g/mol. The Bertz CT molecular complexity index is 751. The number of hydrogen-bond donors (Lipinski definition) is 2. The van der Waals surface area contributed by atoms with Crippen molar-refractivity contribution >= 4 is 34.3 Å². The van der Waals surface area contributed by atoms with Crippen molar-refractivity contribution < 1.29 is 9.59 Å². The van der Waals surface area contributed by atoms with Crippen LogP contribution in [0.1, 0.15) is 18.4 Å². The fraction of sp³-hybridized carbons (Fsp3) is 0.368. The SMILES string of the molecule is CNC(=O)C1(C(=O)NCCSCc2cccc3ccccc23)CC1. The number of fused-ring (bicyclic) bond motifs is 1. The standard InChI is InChI=1S/C19H22N2O2S/c1-20-17(22)19(9-10-19)18(23)21-11-12-24-13-15-7-4-6-14-5-2-3-8-16(14)15/h2-8H,9-13H2,1H3,(H,20,22)(H,21,23).